The van der Waals surface area contributed by atoms with Crippen LogP contribution in [0.3, 0.4) is 0 Å². The van der Waals surface area contributed by atoms with E-state index in [1.54, 1.807) is 6.92 Å². The molecule has 0 saturated heterocycles. The van der Waals surface area contributed by atoms with Gasteiger partial charge in [0, 0.05) is 13.0 Å². The van der Waals surface area contributed by atoms with Crippen molar-refractivity contribution in [1.29, 1.82) is 0 Å². The number of hydrogen-bond donors (Lipinski definition) is 1. The minimum absolute atomic E-state index is 0.00189. The van der Waals surface area contributed by atoms with Gasteiger partial charge in [0.2, 0.25) is 21.8 Å². The second kappa shape index (κ2) is 6.10. The van der Waals surface area contributed by atoms with Gasteiger partial charge in [-0.1, -0.05) is 0 Å². The fraction of sp³-hybridized carbons (Fsp3) is 0.333. The van der Waals surface area contributed by atoms with E-state index < -0.39 is 10.0 Å². The predicted octanol–water partition coefficient (Wildman–Crippen LogP) is 0.874. The van der Waals surface area contributed by atoms with Crippen LogP contribution in [0.25, 0.3) is 0 Å². The quantitative estimate of drug-likeness (QED) is 0.844. The molecule has 1 aromatic heterocycles. The maximum absolute atomic E-state index is 12.3. The molecule has 0 bridgehead atoms. The van der Waals surface area contributed by atoms with Gasteiger partial charge in [-0.05, 0) is 12.1 Å². The summed E-state index contributed by atoms with van der Waals surface area (Å²) in [6.45, 7) is 1.52. The predicted molar refractivity (Wildman–Crippen MR) is 72.6 cm³/mol. The number of methoxy groups -OCH3 is 2. The Labute approximate surface area is 122 Å². The lowest BCUT2D eigenvalue weighted by Gasteiger charge is -2.11. The number of nitrogens with one attached hydrogen (secondary N) is 1. The van der Waals surface area contributed by atoms with E-state index in [2.05, 4.69) is 14.9 Å². The molecule has 2 rings (SSSR count). The maximum Gasteiger partial charge on any atom is 0.244 e. The third-order valence-electron chi connectivity index (χ3n) is 2.64. The first kappa shape index (κ1) is 15.3. The first-order valence-corrected chi connectivity index (χ1v) is 7.45. The van der Waals surface area contributed by atoms with Gasteiger partial charge >= 0.3 is 0 Å². The molecular formula is C12H15N3O5S. The van der Waals surface area contributed by atoms with Crippen molar-refractivity contribution in [2.45, 2.75) is 18.4 Å². The first-order chi connectivity index (χ1) is 9.96. The molecule has 0 aliphatic heterocycles. The normalized spacial score (nSPS) is 11.4. The summed E-state index contributed by atoms with van der Waals surface area (Å²) in [5, 5.41) is 7.34. The zero-order valence-corrected chi connectivity index (χ0v) is 12.6. The molecular weight excluding hydrogens is 298 g/mol. The largest absolute Gasteiger partial charge is 0.497 e. The summed E-state index contributed by atoms with van der Waals surface area (Å²) in [7, 11) is -0.906. The van der Waals surface area contributed by atoms with E-state index in [1.165, 1.54) is 32.4 Å². The van der Waals surface area contributed by atoms with Crippen LogP contribution in [-0.2, 0) is 16.6 Å². The summed E-state index contributed by atoms with van der Waals surface area (Å²) in [5.41, 5.74) is 0. The van der Waals surface area contributed by atoms with Gasteiger partial charge in [0.15, 0.2) is 0 Å². The monoisotopic (exact) mass is 313 g/mol. The Hall–Kier alpha value is -2.13. The molecule has 114 valence electrons. The summed E-state index contributed by atoms with van der Waals surface area (Å²) < 4.78 is 42.1. The molecule has 21 heavy (non-hydrogen) atoms. The van der Waals surface area contributed by atoms with Crippen molar-refractivity contribution in [3.8, 4) is 11.5 Å². The lowest BCUT2D eigenvalue weighted by Crippen LogP contribution is -2.24. The van der Waals surface area contributed by atoms with Crippen molar-refractivity contribution in [1.82, 2.24) is 14.9 Å². The van der Waals surface area contributed by atoms with Crippen LogP contribution in [0, 0.1) is 6.92 Å². The average Bonchev–Trinajstić information content (AvgIpc) is 2.90. The Morgan fingerprint density at radius 2 is 2.00 bits per heavy atom. The molecule has 8 nitrogen and oxygen atoms in total. The lowest BCUT2D eigenvalue weighted by atomic mass is 10.3. The van der Waals surface area contributed by atoms with Crippen LogP contribution in [0.2, 0.25) is 0 Å². The SMILES string of the molecule is COc1ccc(S(=O)(=O)NCc2nnc(C)o2)c(OC)c1. The lowest BCUT2D eigenvalue weighted by molar-refractivity contribution is 0.385. The number of benzene rings is 1. The summed E-state index contributed by atoms with van der Waals surface area (Å²) in [6.07, 6.45) is 0. The molecule has 0 aliphatic rings. The molecule has 0 aliphatic carbocycles. The second-order valence-corrected chi connectivity index (χ2v) is 5.79. The topological polar surface area (TPSA) is 104 Å². The molecule has 0 saturated carbocycles. The number of aromatic nitrogens is 2. The summed E-state index contributed by atoms with van der Waals surface area (Å²) in [4.78, 5) is 0.00189. The van der Waals surface area contributed by atoms with Crippen molar-refractivity contribution < 1.29 is 22.3 Å². The van der Waals surface area contributed by atoms with Gasteiger partial charge < -0.3 is 13.9 Å². The Morgan fingerprint density at radius 3 is 2.57 bits per heavy atom. The van der Waals surface area contributed by atoms with E-state index in [1.807, 2.05) is 0 Å². The minimum atomic E-state index is -3.78. The van der Waals surface area contributed by atoms with Crippen molar-refractivity contribution in [3.05, 3.63) is 30.0 Å². The second-order valence-electron chi connectivity index (χ2n) is 4.06. The van der Waals surface area contributed by atoms with E-state index in [9.17, 15) is 8.42 Å². The molecule has 1 aromatic carbocycles. The van der Waals surface area contributed by atoms with Gasteiger partial charge in [0.05, 0.1) is 20.8 Å². The van der Waals surface area contributed by atoms with Gasteiger partial charge in [-0.3, -0.25) is 0 Å². The molecule has 0 unspecified atom stereocenters. The molecule has 0 amide bonds. The Kier molecular flexibility index (Phi) is 4.43. The number of hydrogen-bond acceptors (Lipinski definition) is 7. The van der Waals surface area contributed by atoms with Crippen molar-refractivity contribution in [3.63, 3.8) is 0 Å². The van der Waals surface area contributed by atoms with E-state index in [-0.39, 0.29) is 23.1 Å². The molecule has 1 heterocycles. The van der Waals surface area contributed by atoms with Gasteiger partial charge in [-0.2, -0.15) is 0 Å². The Bertz CT molecular complexity index is 726. The fourth-order valence-electron chi connectivity index (χ4n) is 1.64. The van der Waals surface area contributed by atoms with Gasteiger partial charge in [-0.25, -0.2) is 13.1 Å². The van der Waals surface area contributed by atoms with Crippen molar-refractivity contribution >= 4 is 10.0 Å². The van der Waals surface area contributed by atoms with Crippen molar-refractivity contribution in [2.24, 2.45) is 0 Å². The molecule has 0 atom stereocenters. The molecule has 2 aromatic rings. The van der Waals surface area contributed by atoms with Crippen LogP contribution in [0.4, 0.5) is 0 Å². The number of sulfonamides is 1. The highest BCUT2D eigenvalue weighted by Crippen LogP contribution is 2.28. The zero-order chi connectivity index (χ0) is 15.5. The molecule has 0 radical (unpaired) electrons. The molecule has 9 heteroatoms. The molecule has 0 fully saturated rings. The number of aryl methyl sites for hydroxylation is 1. The smallest absolute Gasteiger partial charge is 0.244 e. The van der Waals surface area contributed by atoms with Gasteiger partial charge in [0.25, 0.3) is 0 Å². The summed E-state index contributed by atoms with van der Waals surface area (Å²) in [6, 6.07) is 4.43. The van der Waals surface area contributed by atoms with E-state index in [4.69, 9.17) is 13.9 Å². The van der Waals surface area contributed by atoms with Gasteiger partial charge in [-0.15, -0.1) is 10.2 Å². The number of rotatable bonds is 6. The third-order valence-corrected chi connectivity index (χ3v) is 4.08. The average molecular weight is 313 g/mol. The first-order valence-electron chi connectivity index (χ1n) is 5.97. The van der Waals surface area contributed by atoms with Crippen LogP contribution in [-0.4, -0.2) is 32.8 Å². The van der Waals surface area contributed by atoms with Crippen LogP contribution in [0.1, 0.15) is 11.8 Å². The highest BCUT2D eigenvalue weighted by atomic mass is 32.2. The number of ether oxygens (including phenoxy) is 2. The zero-order valence-electron chi connectivity index (χ0n) is 11.8. The third kappa shape index (κ3) is 3.50. The summed E-state index contributed by atoms with van der Waals surface area (Å²) in [5.74, 6) is 1.23. The van der Waals surface area contributed by atoms with Crippen LogP contribution >= 0.6 is 0 Å². The fourth-order valence-corrected chi connectivity index (χ4v) is 2.76. The maximum atomic E-state index is 12.3. The van der Waals surface area contributed by atoms with Crippen LogP contribution < -0.4 is 14.2 Å². The molecule has 1 N–H and O–H groups in total. The van der Waals surface area contributed by atoms with Crippen LogP contribution in [0.15, 0.2) is 27.5 Å². The van der Waals surface area contributed by atoms with E-state index >= 15 is 0 Å². The highest BCUT2D eigenvalue weighted by Gasteiger charge is 2.20. The number of nitrogens with zero attached hydrogens (tertiary/aromatic N) is 2. The van der Waals surface area contributed by atoms with Crippen molar-refractivity contribution in [2.75, 3.05) is 14.2 Å². The summed E-state index contributed by atoms with van der Waals surface area (Å²) >= 11 is 0. The highest BCUT2D eigenvalue weighted by molar-refractivity contribution is 7.89. The minimum Gasteiger partial charge on any atom is -0.497 e. The van der Waals surface area contributed by atoms with E-state index in [0.717, 1.165) is 0 Å². The van der Waals surface area contributed by atoms with Crippen LogP contribution in [0.5, 0.6) is 11.5 Å². The Balaban J connectivity index is 2.22. The van der Waals surface area contributed by atoms with E-state index in [0.29, 0.717) is 11.6 Å². The van der Waals surface area contributed by atoms with Gasteiger partial charge in [0.1, 0.15) is 16.4 Å². The standard InChI is InChI=1S/C12H15N3O5S/c1-8-14-15-12(20-8)7-13-21(16,17)11-5-4-9(18-2)6-10(11)19-3/h4-6,13H,7H2,1-3H3. The Morgan fingerprint density at radius 1 is 1.24 bits per heavy atom. The molecule has 0 spiro atoms.